The summed E-state index contributed by atoms with van der Waals surface area (Å²) in [7, 11) is 0. The molecule has 1 aromatic carbocycles. The van der Waals surface area contributed by atoms with Crippen LogP contribution in [0.4, 0.5) is 4.79 Å². The summed E-state index contributed by atoms with van der Waals surface area (Å²) in [5.41, 5.74) is 0.589. The van der Waals surface area contributed by atoms with Crippen LogP contribution in [0.1, 0.15) is 26.3 Å². The van der Waals surface area contributed by atoms with Gasteiger partial charge in [-0.1, -0.05) is 12.1 Å². The first kappa shape index (κ1) is 15.2. The van der Waals surface area contributed by atoms with Gasteiger partial charge in [-0.2, -0.15) is 0 Å². The Morgan fingerprint density at radius 2 is 2.00 bits per heavy atom. The van der Waals surface area contributed by atoms with E-state index in [9.17, 15) is 4.79 Å². The van der Waals surface area contributed by atoms with Crippen LogP contribution < -0.4 is 5.32 Å². The van der Waals surface area contributed by atoms with Crippen molar-refractivity contribution in [2.24, 2.45) is 0 Å². The van der Waals surface area contributed by atoms with Gasteiger partial charge in [0, 0.05) is 16.3 Å². The Morgan fingerprint density at radius 3 is 2.61 bits per heavy atom. The zero-order chi connectivity index (χ0) is 13.8. The number of amides is 1. The Balaban J connectivity index is 2.43. The highest BCUT2D eigenvalue weighted by molar-refractivity contribution is 7.83. The lowest BCUT2D eigenvalue weighted by Gasteiger charge is -2.19. The summed E-state index contributed by atoms with van der Waals surface area (Å²) < 4.78 is 5.15. The SMILES string of the molecule is CC(C)(C)OC(=O)NCCc1cccc(S)c1S. The van der Waals surface area contributed by atoms with Gasteiger partial charge in [-0.3, -0.25) is 0 Å². The molecule has 0 saturated carbocycles. The number of thiol groups is 2. The van der Waals surface area contributed by atoms with Crippen LogP contribution >= 0.6 is 25.3 Å². The number of ether oxygens (including phenoxy) is 1. The van der Waals surface area contributed by atoms with E-state index in [0.717, 1.165) is 15.4 Å². The lowest BCUT2D eigenvalue weighted by molar-refractivity contribution is 0.0528. The molecule has 0 bridgehead atoms. The van der Waals surface area contributed by atoms with E-state index >= 15 is 0 Å². The van der Waals surface area contributed by atoms with E-state index in [4.69, 9.17) is 4.74 Å². The van der Waals surface area contributed by atoms with Crippen molar-refractivity contribution in [3.63, 3.8) is 0 Å². The molecule has 0 spiro atoms. The zero-order valence-corrected chi connectivity index (χ0v) is 12.6. The fourth-order valence-corrected chi connectivity index (χ4v) is 1.88. The summed E-state index contributed by atoms with van der Waals surface area (Å²) in [4.78, 5) is 13.1. The third kappa shape index (κ3) is 5.23. The lowest BCUT2D eigenvalue weighted by atomic mass is 10.1. The highest BCUT2D eigenvalue weighted by Crippen LogP contribution is 2.22. The van der Waals surface area contributed by atoms with Gasteiger partial charge >= 0.3 is 6.09 Å². The molecule has 5 heteroatoms. The molecule has 1 N–H and O–H groups in total. The van der Waals surface area contributed by atoms with Crippen molar-refractivity contribution in [1.82, 2.24) is 5.32 Å². The normalized spacial score (nSPS) is 11.2. The van der Waals surface area contributed by atoms with Gasteiger partial charge in [0.25, 0.3) is 0 Å². The molecule has 1 rings (SSSR count). The van der Waals surface area contributed by atoms with E-state index in [1.165, 1.54) is 0 Å². The first-order chi connectivity index (χ1) is 8.29. The monoisotopic (exact) mass is 285 g/mol. The van der Waals surface area contributed by atoms with Crippen molar-refractivity contribution in [2.75, 3.05) is 6.54 Å². The highest BCUT2D eigenvalue weighted by atomic mass is 32.1. The van der Waals surface area contributed by atoms with Crippen LogP contribution in [0, 0.1) is 0 Å². The van der Waals surface area contributed by atoms with Crippen molar-refractivity contribution in [3.05, 3.63) is 23.8 Å². The minimum absolute atomic E-state index is 0.398. The maximum Gasteiger partial charge on any atom is 0.407 e. The third-order valence-electron chi connectivity index (χ3n) is 2.16. The summed E-state index contributed by atoms with van der Waals surface area (Å²) >= 11 is 8.68. The van der Waals surface area contributed by atoms with E-state index in [0.29, 0.717) is 13.0 Å². The van der Waals surface area contributed by atoms with E-state index in [2.05, 4.69) is 30.6 Å². The fourth-order valence-electron chi connectivity index (χ4n) is 1.39. The van der Waals surface area contributed by atoms with Crippen molar-refractivity contribution >= 4 is 31.4 Å². The van der Waals surface area contributed by atoms with Crippen LogP contribution in [-0.4, -0.2) is 18.2 Å². The van der Waals surface area contributed by atoms with Crippen LogP contribution in [0.3, 0.4) is 0 Å². The molecule has 0 heterocycles. The van der Waals surface area contributed by atoms with E-state index < -0.39 is 11.7 Å². The number of hydrogen-bond donors (Lipinski definition) is 3. The molecule has 0 atom stereocenters. The van der Waals surface area contributed by atoms with Crippen LogP contribution in [0.2, 0.25) is 0 Å². The summed E-state index contributed by atoms with van der Waals surface area (Å²) in [5, 5.41) is 2.71. The first-order valence-electron chi connectivity index (χ1n) is 5.76. The molecule has 18 heavy (non-hydrogen) atoms. The predicted octanol–water partition coefficient (Wildman–Crippen LogP) is 3.33. The van der Waals surface area contributed by atoms with Gasteiger partial charge in [0.05, 0.1) is 0 Å². The second-order valence-corrected chi connectivity index (χ2v) is 5.89. The zero-order valence-electron chi connectivity index (χ0n) is 10.9. The Kier molecular flexibility index (Phi) is 5.41. The second kappa shape index (κ2) is 6.38. The van der Waals surface area contributed by atoms with Gasteiger partial charge in [0.2, 0.25) is 0 Å². The summed E-state index contributed by atoms with van der Waals surface area (Å²) in [5.74, 6) is 0. The Labute approximate surface area is 119 Å². The van der Waals surface area contributed by atoms with Gasteiger partial charge in [-0.05, 0) is 38.8 Å². The van der Waals surface area contributed by atoms with Crippen LogP contribution in [0.15, 0.2) is 28.0 Å². The standard InChI is InChI=1S/C13H19NO2S2/c1-13(2,3)16-12(15)14-8-7-9-5-4-6-10(17)11(9)18/h4-6,17-18H,7-8H2,1-3H3,(H,14,15). The smallest absolute Gasteiger partial charge is 0.407 e. The average molecular weight is 285 g/mol. The van der Waals surface area contributed by atoms with Crippen molar-refractivity contribution < 1.29 is 9.53 Å². The van der Waals surface area contributed by atoms with Gasteiger partial charge in [0.15, 0.2) is 0 Å². The second-order valence-electron chi connectivity index (χ2n) is 4.96. The molecule has 0 radical (unpaired) electrons. The molecule has 0 aliphatic heterocycles. The largest absolute Gasteiger partial charge is 0.444 e. The van der Waals surface area contributed by atoms with Gasteiger partial charge in [-0.25, -0.2) is 4.79 Å². The Bertz CT molecular complexity index is 427. The number of hydrogen-bond acceptors (Lipinski definition) is 4. The maximum absolute atomic E-state index is 11.4. The van der Waals surface area contributed by atoms with E-state index in [-0.39, 0.29) is 0 Å². The number of alkyl carbamates (subject to hydrolysis) is 1. The molecular formula is C13H19NO2S2. The van der Waals surface area contributed by atoms with Crippen LogP contribution in [0.25, 0.3) is 0 Å². The van der Waals surface area contributed by atoms with Crippen molar-refractivity contribution in [3.8, 4) is 0 Å². The molecule has 0 aliphatic carbocycles. The Morgan fingerprint density at radius 1 is 1.33 bits per heavy atom. The Hall–Kier alpha value is -0.810. The molecular weight excluding hydrogens is 266 g/mol. The number of carbonyl (C=O) groups excluding carboxylic acids is 1. The predicted molar refractivity (Wildman–Crippen MR) is 78.9 cm³/mol. The minimum Gasteiger partial charge on any atom is -0.444 e. The highest BCUT2D eigenvalue weighted by Gasteiger charge is 2.15. The molecule has 0 aliphatic rings. The van der Waals surface area contributed by atoms with Gasteiger partial charge in [-0.15, -0.1) is 25.3 Å². The molecule has 0 unspecified atom stereocenters. The molecule has 0 aromatic heterocycles. The van der Waals surface area contributed by atoms with Crippen LogP contribution in [-0.2, 0) is 11.2 Å². The molecule has 100 valence electrons. The molecule has 3 nitrogen and oxygen atoms in total. The fraction of sp³-hybridized carbons (Fsp3) is 0.462. The molecule has 0 fully saturated rings. The molecule has 1 amide bonds. The summed E-state index contributed by atoms with van der Waals surface area (Å²) in [6, 6.07) is 5.78. The quantitative estimate of drug-likeness (QED) is 0.745. The lowest BCUT2D eigenvalue weighted by Crippen LogP contribution is -2.33. The van der Waals surface area contributed by atoms with Gasteiger partial charge in [0.1, 0.15) is 5.60 Å². The number of rotatable bonds is 3. The van der Waals surface area contributed by atoms with Crippen molar-refractivity contribution in [2.45, 2.75) is 42.6 Å². The minimum atomic E-state index is -0.468. The number of nitrogens with one attached hydrogen (secondary N) is 1. The maximum atomic E-state index is 11.4. The molecule has 0 saturated heterocycles. The third-order valence-corrected chi connectivity index (χ3v) is 3.24. The van der Waals surface area contributed by atoms with Gasteiger partial charge < -0.3 is 10.1 Å². The number of benzene rings is 1. The van der Waals surface area contributed by atoms with E-state index in [1.807, 2.05) is 39.0 Å². The topological polar surface area (TPSA) is 38.3 Å². The van der Waals surface area contributed by atoms with Crippen LogP contribution in [0.5, 0.6) is 0 Å². The average Bonchev–Trinajstić information content (AvgIpc) is 2.21. The summed E-state index contributed by atoms with van der Waals surface area (Å²) in [6.45, 7) is 6.02. The number of carbonyl (C=O) groups is 1. The van der Waals surface area contributed by atoms with Crippen molar-refractivity contribution in [1.29, 1.82) is 0 Å². The first-order valence-corrected chi connectivity index (χ1v) is 6.66. The summed E-state index contributed by atoms with van der Waals surface area (Å²) in [6.07, 6.45) is 0.303. The van der Waals surface area contributed by atoms with E-state index in [1.54, 1.807) is 0 Å². The molecule has 1 aromatic rings.